The summed E-state index contributed by atoms with van der Waals surface area (Å²) in [4.78, 5) is 8.54. The van der Waals surface area contributed by atoms with Crippen LogP contribution in [-0.2, 0) is 0 Å². The number of aromatic nitrogens is 2. The molecule has 0 spiro atoms. The van der Waals surface area contributed by atoms with Crippen LogP contribution in [0.4, 0.5) is 0 Å². The van der Waals surface area contributed by atoms with Crippen LogP contribution in [0.15, 0.2) is 17.6 Å². The second-order valence-corrected chi connectivity index (χ2v) is 5.04. The molecule has 1 aromatic heterocycles. The molecule has 4 heteroatoms. The van der Waals surface area contributed by atoms with Crippen LogP contribution in [0, 0.1) is 12.8 Å². The van der Waals surface area contributed by atoms with Crippen LogP contribution in [0.25, 0.3) is 0 Å². The van der Waals surface area contributed by atoms with Gasteiger partial charge in [-0.05, 0) is 30.6 Å². The van der Waals surface area contributed by atoms with Gasteiger partial charge in [-0.25, -0.2) is 9.97 Å². The summed E-state index contributed by atoms with van der Waals surface area (Å²) in [6, 6.07) is 0. The standard InChI is InChI=1S/C11H18N2S2/c1-3-4-10(7-14)8-15-11-12-5-9(2)6-13-11/h5-6,10,14H,3-4,7-8H2,1-2H3. The number of aryl methyl sites for hydroxylation is 1. The molecule has 0 N–H and O–H groups in total. The second-order valence-electron chi connectivity index (χ2n) is 3.69. The zero-order valence-corrected chi connectivity index (χ0v) is 11.0. The van der Waals surface area contributed by atoms with Crippen LogP contribution in [0.5, 0.6) is 0 Å². The number of thioether (sulfide) groups is 1. The Morgan fingerprint density at radius 1 is 1.40 bits per heavy atom. The molecule has 0 amide bonds. The Hall–Kier alpha value is -0.220. The van der Waals surface area contributed by atoms with Crippen molar-refractivity contribution in [1.29, 1.82) is 0 Å². The molecule has 1 atom stereocenters. The summed E-state index contributed by atoms with van der Waals surface area (Å²) in [5.74, 6) is 2.70. The van der Waals surface area contributed by atoms with Gasteiger partial charge in [0.1, 0.15) is 0 Å². The highest BCUT2D eigenvalue weighted by Crippen LogP contribution is 2.20. The van der Waals surface area contributed by atoms with Gasteiger partial charge in [-0.2, -0.15) is 12.6 Å². The van der Waals surface area contributed by atoms with Crippen LogP contribution >= 0.6 is 24.4 Å². The maximum Gasteiger partial charge on any atom is 0.187 e. The van der Waals surface area contributed by atoms with E-state index in [1.165, 1.54) is 12.8 Å². The summed E-state index contributed by atoms with van der Waals surface area (Å²) < 4.78 is 0. The van der Waals surface area contributed by atoms with Gasteiger partial charge in [0.2, 0.25) is 0 Å². The number of nitrogens with zero attached hydrogens (tertiary/aromatic N) is 2. The molecule has 0 saturated heterocycles. The predicted octanol–water partition coefficient (Wildman–Crippen LogP) is 3.22. The van der Waals surface area contributed by atoms with Crippen LogP contribution in [0.1, 0.15) is 25.3 Å². The van der Waals surface area contributed by atoms with E-state index in [1.54, 1.807) is 11.8 Å². The van der Waals surface area contributed by atoms with Crippen molar-refractivity contribution < 1.29 is 0 Å². The fourth-order valence-electron chi connectivity index (χ4n) is 1.28. The summed E-state index contributed by atoms with van der Waals surface area (Å²) in [5.41, 5.74) is 1.11. The summed E-state index contributed by atoms with van der Waals surface area (Å²) >= 11 is 6.09. The first-order chi connectivity index (χ1) is 7.26. The van der Waals surface area contributed by atoms with Gasteiger partial charge in [0.25, 0.3) is 0 Å². The first-order valence-electron chi connectivity index (χ1n) is 5.28. The van der Waals surface area contributed by atoms with Gasteiger partial charge in [-0.15, -0.1) is 0 Å². The van der Waals surface area contributed by atoms with E-state index in [0.29, 0.717) is 5.92 Å². The van der Waals surface area contributed by atoms with Crippen LogP contribution < -0.4 is 0 Å². The first-order valence-corrected chi connectivity index (χ1v) is 6.90. The Balaban J connectivity index is 2.38. The quantitative estimate of drug-likeness (QED) is 0.471. The number of rotatable bonds is 6. The normalized spacial score (nSPS) is 12.7. The van der Waals surface area contributed by atoms with Crippen molar-refractivity contribution in [2.75, 3.05) is 11.5 Å². The molecule has 0 fully saturated rings. The molecule has 0 aromatic carbocycles. The monoisotopic (exact) mass is 242 g/mol. The van der Waals surface area contributed by atoms with E-state index < -0.39 is 0 Å². The van der Waals surface area contributed by atoms with Gasteiger partial charge in [0, 0.05) is 18.1 Å². The molecule has 1 heterocycles. The summed E-state index contributed by atoms with van der Waals surface area (Å²) in [6.07, 6.45) is 6.19. The molecule has 15 heavy (non-hydrogen) atoms. The summed E-state index contributed by atoms with van der Waals surface area (Å²) in [5, 5.41) is 0.878. The summed E-state index contributed by atoms with van der Waals surface area (Å²) in [6.45, 7) is 4.21. The Bertz CT molecular complexity index is 274. The topological polar surface area (TPSA) is 25.8 Å². The molecule has 2 nitrogen and oxygen atoms in total. The molecule has 0 saturated carbocycles. The van der Waals surface area contributed by atoms with Crippen molar-refractivity contribution in [3.63, 3.8) is 0 Å². The molecule has 0 aliphatic rings. The SMILES string of the molecule is CCCC(CS)CSc1ncc(C)cn1. The van der Waals surface area contributed by atoms with Crippen molar-refractivity contribution in [1.82, 2.24) is 9.97 Å². The Morgan fingerprint density at radius 3 is 2.60 bits per heavy atom. The fraction of sp³-hybridized carbons (Fsp3) is 0.636. The Labute approximate surface area is 102 Å². The van der Waals surface area contributed by atoms with E-state index in [4.69, 9.17) is 0 Å². The molecule has 1 unspecified atom stereocenters. The zero-order chi connectivity index (χ0) is 11.1. The number of hydrogen-bond donors (Lipinski definition) is 1. The van der Waals surface area contributed by atoms with Gasteiger partial charge in [0.15, 0.2) is 5.16 Å². The van der Waals surface area contributed by atoms with E-state index in [2.05, 4.69) is 29.5 Å². The van der Waals surface area contributed by atoms with E-state index in [9.17, 15) is 0 Å². The van der Waals surface area contributed by atoms with Gasteiger partial charge in [0.05, 0.1) is 0 Å². The largest absolute Gasteiger partial charge is 0.231 e. The Morgan fingerprint density at radius 2 is 2.07 bits per heavy atom. The smallest absolute Gasteiger partial charge is 0.187 e. The third-order valence-corrected chi connectivity index (χ3v) is 3.78. The number of thiol groups is 1. The molecule has 84 valence electrons. The van der Waals surface area contributed by atoms with Gasteiger partial charge in [-0.3, -0.25) is 0 Å². The zero-order valence-electron chi connectivity index (χ0n) is 9.31. The molecule has 0 aliphatic heterocycles. The molecule has 0 bridgehead atoms. The third kappa shape index (κ3) is 4.89. The van der Waals surface area contributed by atoms with Crippen LogP contribution in [0.2, 0.25) is 0 Å². The van der Waals surface area contributed by atoms with Crippen molar-refractivity contribution >= 4 is 24.4 Å². The highest BCUT2D eigenvalue weighted by atomic mass is 32.2. The van der Waals surface area contributed by atoms with Crippen molar-refractivity contribution in [2.45, 2.75) is 31.8 Å². The van der Waals surface area contributed by atoms with E-state index in [-0.39, 0.29) is 0 Å². The molecule has 0 aliphatic carbocycles. The average molecular weight is 242 g/mol. The summed E-state index contributed by atoms with van der Waals surface area (Å²) in [7, 11) is 0. The predicted molar refractivity (Wildman–Crippen MR) is 69.7 cm³/mol. The van der Waals surface area contributed by atoms with Crippen LogP contribution in [0.3, 0.4) is 0 Å². The van der Waals surface area contributed by atoms with Crippen molar-refractivity contribution in [3.8, 4) is 0 Å². The lowest BCUT2D eigenvalue weighted by atomic mass is 10.1. The minimum Gasteiger partial charge on any atom is -0.231 e. The lowest BCUT2D eigenvalue weighted by Crippen LogP contribution is -2.05. The van der Waals surface area contributed by atoms with E-state index >= 15 is 0 Å². The molecular formula is C11H18N2S2. The average Bonchev–Trinajstić information content (AvgIpc) is 2.26. The lowest BCUT2D eigenvalue weighted by molar-refractivity contribution is 0.595. The van der Waals surface area contributed by atoms with Crippen molar-refractivity contribution in [3.05, 3.63) is 18.0 Å². The minimum absolute atomic E-state index is 0.674. The van der Waals surface area contributed by atoms with Crippen molar-refractivity contribution in [2.24, 2.45) is 5.92 Å². The Kier molecular flexibility index (Phi) is 6.10. The highest BCUT2D eigenvalue weighted by Gasteiger charge is 2.07. The van der Waals surface area contributed by atoms with Gasteiger partial charge < -0.3 is 0 Å². The molecule has 1 aromatic rings. The van der Waals surface area contributed by atoms with E-state index in [0.717, 1.165) is 22.2 Å². The molecule has 1 rings (SSSR count). The van der Waals surface area contributed by atoms with E-state index in [1.807, 2.05) is 19.3 Å². The van der Waals surface area contributed by atoms with Gasteiger partial charge >= 0.3 is 0 Å². The maximum absolute atomic E-state index is 4.36. The lowest BCUT2D eigenvalue weighted by Gasteiger charge is -2.11. The fourth-order valence-corrected chi connectivity index (χ4v) is 2.69. The second kappa shape index (κ2) is 7.12. The first kappa shape index (κ1) is 12.8. The highest BCUT2D eigenvalue weighted by molar-refractivity contribution is 7.99. The number of hydrogen-bond acceptors (Lipinski definition) is 4. The minimum atomic E-state index is 0.674. The van der Waals surface area contributed by atoms with Gasteiger partial charge in [-0.1, -0.05) is 25.1 Å². The molecule has 0 radical (unpaired) electrons. The third-order valence-electron chi connectivity index (χ3n) is 2.16. The van der Waals surface area contributed by atoms with Crippen LogP contribution in [-0.4, -0.2) is 21.5 Å². The maximum atomic E-state index is 4.36. The molecular weight excluding hydrogens is 224 g/mol.